The van der Waals surface area contributed by atoms with E-state index in [9.17, 15) is 9.90 Å². The van der Waals surface area contributed by atoms with Crippen molar-refractivity contribution in [3.63, 3.8) is 0 Å². The Bertz CT molecular complexity index is 188. The lowest BCUT2D eigenvalue weighted by molar-refractivity contribution is -0.128. The predicted octanol–water partition coefficient (Wildman–Crippen LogP) is 1.39. The Kier molecular flexibility index (Phi) is 2.68. The number of hydrogen-bond acceptors (Lipinski definition) is 2. The lowest BCUT2D eigenvalue weighted by Crippen LogP contribution is -2.28. The van der Waals surface area contributed by atoms with Gasteiger partial charge >= 0.3 is 0 Å². The SMILES string of the molecule is CC1C=CC(O)C(C)C(=O)C1C. The molecule has 12 heavy (non-hydrogen) atoms. The van der Waals surface area contributed by atoms with Crippen molar-refractivity contribution >= 4 is 5.78 Å². The highest BCUT2D eigenvalue weighted by atomic mass is 16.3. The summed E-state index contributed by atoms with van der Waals surface area (Å²) >= 11 is 0. The lowest BCUT2D eigenvalue weighted by atomic mass is 9.87. The number of aliphatic hydroxyl groups is 1. The van der Waals surface area contributed by atoms with Crippen molar-refractivity contribution in [2.45, 2.75) is 26.9 Å². The molecule has 0 radical (unpaired) electrons. The van der Waals surface area contributed by atoms with Gasteiger partial charge in [-0.3, -0.25) is 4.79 Å². The zero-order chi connectivity index (χ0) is 9.30. The molecule has 1 N–H and O–H groups in total. The number of aliphatic hydroxyl groups excluding tert-OH is 1. The molecule has 0 aliphatic heterocycles. The number of Topliss-reactive ketones (excluding diaryl/α,β-unsaturated/α-hetero) is 1. The molecule has 0 aromatic heterocycles. The summed E-state index contributed by atoms with van der Waals surface area (Å²) in [4.78, 5) is 11.6. The highest BCUT2D eigenvalue weighted by Crippen LogP contribution is 2.24. The topological polar surface area (TPSA) is 37.3 Å². The average molecular weight is 168 g/mol. The van der Waals surface area contributed by atoms with Crippen LogP contribution in [0.3, 0.4) is 0 Å². The molecule has 1 aliphatic rings. The van der Waals surface area contributed by atoms with E-state index in [1.54, 1.807) is 13.0 Å². The van der Waals surface area contributed by atoms with Gasteiger partial charge in [0.05, 0.1) is 6.10 Å². The van der Waals surface area contributed by atoms with E-state index in [2.05, 4.69) is 0 Å². The van der Waals surface area contributed by atoms with E-state index in [1.807, 2.05) is 19.9 Å². The Morgan fingerprint density at radius 2 is 1.75 bits per heavy atom. The molecule has 0 saturated carbocycles. The van der Waals surface area contributed by atoms with Crippen molar-refractivity contribution in [2.24, 2.45) is 17.8 Å². The van der Waals surface area contributed by atoms with Crippen LogP contribution in [0.1, 0.15) is 20.8 Å². The molecule has 1 rings (SSSR count). The first kappa shape index (κ1) is 9.46. The molecular weight excluding hydrogens is 152 g/mol. The van der Waals surface area contributed by atoms with Crippen molar-refractivity contribution < 1.29 is 9.90 Å². The lowest BCUT2D eigenvalue weighted by Gasteiger charge is -2.17. The van der Waals surface area contributed by atoms with E-state index < -0.39 is 6.10 Å². The van der Waals surface area contributed by atoms with Gasteiger partial charge in [-0.2, -0.15) is 0 Å². The summed E-state index contributed by atoms with van der Waals surface area (Å²) in [5.41, 5.74) is 0. The highest BCUT2D eigenvalue weighted by Gasteiger charge is 2.29. The smallest absolute Gasteiger partial charge is 0.141 e. The number of rotatable bonds is 0. The normalized spacial score (nSPS) is 42.8. The maximum absolute atomic E-state index is 11.6. The maximum atomic E-state index is 11.6. The number of hydrogen-bond donors (Lipinski definition) is 1. The predicted molar refractivity (Wildman–Crippen MR) is 47.6 cm³/mol. The molecule has 4 unspecified atom stereocenters. The number of allylic oxidation sites excluding steroid dienone is 1. The summed E-state index contributed by atoms with van der Waals surface area (Å²) in [5, 5.41) is 9.46. The van der Waals surface area contributed by atoms with Crippen LogP contribution in [-0.4, -0.2) is 17.0 Å². The van der Waals surface area contributed by atoms with Crippen LogP contribution in [0.25, 0.3) is 0 Å². The standard InChI is InChI=1S/C10H16O2/c1-6-4-5-9(11)8(3)10(12)7(6)2/h4-9,11H,1-3H3. The van der Waals surface area contributed by atoms with Crippen molar-refractivity contribution in [3.05, 3.63) is 12.2 Å². The van der Waals surface area contributed by atoms with E-state index in [0.717, 1.165) is 0 Å². The summed E-state index contributed by atoms with van der Waals surface area (Å²) in [5.74, 6) is 0.201. The largest absolute Gasteiger partial charge is 0.388 e. The fourth-order valence-electron chi connectivity index (χ4n) is 1.46. The summed E-state index contributed by atoms with van der Waals surface area (Å²) < 4.78 is 0. The molecule has 0 amide bonds. The zero-order valence-corrected chi connectivity index (χ0v) is 7.82. The molecular formula is C10H16O2. The number of ketones is 1. The minimum Gasteiger partial charge on any atom is -0.388 e. The first-order chi connectivity index (χ1) is 5.54. The van der Waals surface area contributed by atoms with Crippen LogP contribution in [0.4, 0.5) is 0 Å². The van der Waals surface area contributed by atoms with Crippen LogP contribution in [0.5, 0.6) is 0 Å². The van der Waals surface area contributed by atoms with Crippen molar-refractivity contribution in [3.8, 4) is 0 Å². The Morgan fingerprint density at radius 3 is 2.33 bits per heavy atom. The third kappa shape index (κ3) is 1.58. The second-order valence-electron chi connectivity index (χ2n) is 3.71. The van der Waals surface area contributed by atoms with Crippen LogP contribution in [-0.2, 0) is 4.79 Å². The van der Waals surface area contributed by atoms with E-state index >= 15 is 0 Å². The first-order valence-electron chi connectivity index (χ1n) is 4.44. The Labute approximate surface area is 73.3 Å². The molecule has 0 heterocycles. The summed E-state index contributed by atoms with van der Waals surface area (Å²) in [7, 11) is 0. The zero-order valence-electron chi connectivity index (χ0n) is 7.82. The Morgan fingerprint density at radius 1 is 1.17 bits per heavy atom. The molecule has 2 nitrogen and oxygen atoms in total. The van der Waals surface area contributed by atoms with Crippen LogP contribution in [0.15, 0.2) is 12.2 Å². The first-order valence-corrected chi connectivity index (χ1v) is 4.44. The minimum atomic E-state index is -0.593. The van der Waals surface area contributed by atoms with E-state index in [4.69, 9.17) is 0 Å². The molecule has 2 heteroatoms. The number of carbonyl (C=O) groups excluding carboxylic acids is 1. The molecule has 0 spiro atoms. The second kappa shape index (κ2) is 3.40. The van der Waals surface area contributed by atoms with E-state index in [1.165, 1.54) is 0 Å². The molecule has 0 bridgehead atoms. The quantitative estimate of drug-likeness (QED) is 0.555. The molecule has 4 atom stereocenters. The van der Waals surface area contributed by atoms with Gasteiger partial charge in [0.1, 0.15) is 5.78 Å². The van der Waals surface area contributed by atoms with Gasteiger partial charge in [0.25, 0.3) is 0 Å². The second-order valence-corrected chi connectivity index (χ2v) is 3.71. The molecule has 1 aliphatic carbocycles. The molecule has 0 aromatic carbocycles. The summed E-state index contributed by atoms with van der Waals surface area (Å²) in [6.07, 6.45) is 3.07. The van der Waals surface area contributed by atoms with Gasteiger partial charge in [0.2, 0.25) is 0 Å². The van der Waals surface area contributed by atoms with E-state index in [0.29, 0.717) is 0 Å². The molecule has 0 fully saturated rings. The minimum absolute atomic E-state index is 0.0356. The maximum Gasteiger partial charge on any atom is 0.141 e. The fraction of sp³-hybridized carbons (Fsp3) is 0.700. The third-order valence-electron chi connectivity index (χ3n) is 2.81. The van der Waals surface area contributed by atoms with Gasteiger partial charge in [0.15, 0.2) is 0 Å². The number of carbonyl (C=O) groups is 1. The van der Waals surface area contributed by atoms with Gasteiger partial charge in [-0.1, -0.05) is 32.9 Å². The third-order valence-corrected chi connectivity index (χ3v) is 2.81. The van der Waals surface area contributed by atoms with Gasteiger partial charge in [-0.05, 0) is 5.92 Å². The van der Waals surface area contributed by atoms with Crippen LogP contribution in [0.2, 0.25) is 0 Å². The average Bonchev–Trinajstić information content (AvgIpc) is 2.14. The van der Waals surface area contributed by atoms with Crippen molar-refractivity contribution in [1.29, 1.82) is 0 Å². The van der Waals surface area contributed by atoms with Gasteiger partial charge in [-0.25, -0.2) is 0 Å². The van der Waals surface area contributed by atoms with Gasteiger partial charge in [-0.15, -0.1) is 0 Å². The van der Waals surface area contributed by atoms with Gasteiger partial charge < -0.3 is 5.11 Å². The Hall–Kier alpha value is -0.630. The van der Waals surface area contributed by atoms with E-state index in [-0.39, 0.29) is 23.5 Å². The van der Waals surface area contributed by atoms with Crippen molar-refractivity contribution in [1.82, 2.24) is 0 Å². The van der Waals surface area contributed by atoms with Crippen LogP contribution < -0.4 is 0 Å². The van der Waals surface area contributed by atoms with Crippen LogP contribution >= 0.6 is 0 Å². The van der Waals surface area contributed by atoms with Crippen molar-refractivity contribution in [2.75, 3.05) is 0 Å². The molecule has 68 valence electrons. The molecule has 0 aromatic rings. The van der Waals surface area contributed by atoms with Crippen LogP contribution in [0, 0.1) is 17.8 Å². The fourth-order valence-corrected chi connectivity index (χ4v) is 1.46. The van der Waals surface area contributed by atoms with Gasteiger partial charge in [0, 0.05) is 11.8 Å². The summed E-state index contributed by atoms with van der Waals surface area (Å²) in [6, 6.07) is 0. The monoisotopic (exact) mass is 168 g/mol. The highest BCUT2D eigenvalue weighted by molar-refractivity contribution is 5.84. The summed E-state index contributed by atoms with van der Waals surface area (Å²) in [6.45, 7) is 5.71. The Balaban J connectivity index is 2.87. The molecule has 0 saturated heterocycles.